The summed E-state index contributed by atoms with van der Waals surface area (Å²) in [7, 11) is 0. The van der Waals surface area contributed by atoms with Crippen molar-refractivity contribution in [1.29, 1.82) is 0 Å². The predicted molar refractivity (Wildman–Crippen MR) is 66.5 cm³/mol. The molecule has 1 heterocycles. The lowest BCUT2D eigenvalue weighted by atomic mass is 9.99. The second-order valence-electron chi connectivity index (χ2n) is 6.02. The van der Waals surface area contributed by atoms with E-state index in [-0.39, 0.29) is 12.0 Å². The Bertz CT molecular complexity index is 363. The summed E-state index contributed by atoms with van der Waals surface area (Å²) in [6, 6.07) is 0. The molecule has 6 heteroatoms. The molecule has 0 amide bonds. The van der Waals surface area contributed by atoms with Crippen LogP contribution in [0.25, 0.3) is 0 Å². The maximum atomic E-state index is 9.41. The largest absolute Gasteiger partial charge is 0.366 e. The molecule has 1 rings (SSSR count). The van der Waals surface area contributed by atoms with E-state index < -0.39 is 5.79 Å². The van der Waals surface area contributed by atoms with Crippen LogP contribution >= 0.6 is 0 Å². The number of hydrogen-bond donors (Lipinski definition) is 1. The van der Waals surface area contributed by atoms with E-state index in [1.165, 1.54) is 0 Å². The fourth-order valence-corrected chi connectivity index (χ4v) is 1.16. The van der Waals surface area contributed by atoms with Crippen molar-refractivity contribution in [3.8, 4) is 0 Å². The highest BCUT2D eigenvalue weighted by Crippen LogP contribution is 2.13. The molecule has 0 fully saturated rings. The average molecular weight is 257 g/mol. The van der Waals surface area contributed by atoms with E-state index in [4.69, 9.17) is 9.47 Å². The van der Waals surface area contributed by atoms with Crippen LogP contribution in [0, 0.1) is 5.41 Å². The van der Waals surface area contributed by atoms with E-state index in [2.05, 4.69) is 31.1 Å². The van der Waals surface area contributed by atoms with E-state index >= 15 is 0 Å². The van der Waals surface area contributed by atoms with E-state index in [1.807, 2.05) is 0 Å². The van der Waals surface area contributed by atoms with Gasteiger partial charge in [0.2, 0.25) is 0 Å². The number of aliphatic hydroxyl groups is 1. The Balaban J connectivity index is 2.35. The van der Waals surface area contributed by atoms with Crippen LogP contribution in [0.5, 0.6) is 0 Å². The zero-order chi connectivity index (χ0) is 13.8. The number of aromatic nitrogens is 3. The third-order valence-electron chi connectivity index (χ3n) is 1.92. The molecule has 1 aromatic heterocycles. The van der Waals surface area contributed by atoms with Crippen molar-refractivity contribution in [2.75, 3.05) is 6.61 Å². The Morgan fingerprint density at radius 2 is 1.94 bits per heavy atom. The minimum atomic E-state index is -1.16. The number of hydrogen-bond acceptors (Lipinski definition) is 5. The Morgan fingerprint density at radius 1 is 1.28 bits per heavy atom. The molecule has 6 nitrogen and oxygen atoms in total. The van der Waals surface area contributed by atoms with Gasteiger partial charge in [-0.25, -0.2) is 4.68 Å². The Kier molecular flexibility index (Phi) is 4.84. The van der Waals surface area contributed by atoms with Crippen molar-refractivity contribution in [2.24, 2.45) is 5.41 Å². The van der Waals surface area contributed by atoms with E-state index in [9.17, 15) is 5.11 Å². The van der Waals surface area contributed by atoms with Crippen molar-refractivity contribution in [3.05, 3.63) is 11.9 Å². The first-order valence-corrected chi connectivity index (χ1v) is 5.99. The first-order chi connectivity index (χ1) is 8.16. The molecule has 0 saturated heterocycles. The fraction of sp³-hybridized carbons (Fsp3) is 0.833. The molecule has 0 unspecified atom stereocenters. The highest BCUT2D eigenvalue weighted by atomic mass is 16.6. The Hall–Kier alpha value is -0.980. The minimum absolute atomic E-state index is 0.132. The maximum absolute atomic E-state index is 9.41. The molecule has 104 valence electrons. The van der Waals surface area contributed by atoms with Crippen molar-refractivity contribution in [1.82, 2.24) is 15.0 Å². The first-order valence-electron chi connectivity index (χ1n) is 5.99. The molecule has 0 aliphatic heterocycles. The lowest BCUT2D eigenvalue weighted by molar-refractivity contribution is -0.184. The molecule has 0 spiro atoms. The van der Waals surface area contributed by atoms with Gasteiger partial charge in [-0.3, -0.25) is 0 Å². The van der Waals surface area contributed by atoms with Crippen molar-refractivity contribution >= 4 is 0 Å². The molecule has 0 aromatic carbocycles. The van der Waals surface area contributed by atoms with Crippen molar-refractivity contribution in [3.63, 3.8) is 0 Å². The highest BCUT2D eigenvalue weighted by molar-refractivity contribution is 4.89. The van der Waals surface area contributed by atoms with Gasteiger partial charge < -0.3 is 14.6 Å². The van der Waals surface area contributed by atoms with Gasteiger partial charge in [0.15, 0.2) is 5.79 Å². The standard InChI is InChI=1S/C12H23N3O3/c1-11(2,3)8-17-9-15-6-10(13-14-15)7-18-12(4,5)16/h6,16H,7-9H2,1-5H3. The van der Waals surface area contributed by atoms with Gasteiger partial charge >= 0.3 is 0 Å². The highest BCUT2D eigenvalue weighted by Gasteiger charge is 2.14. The van der Waals surface area contributed by atoms with Gasteiger partial charge in [-0.1, -0.05) is 26.0 Å². The van der Waals surface area contributed by atoms with Crippen LogP contribution in [0.4, 0.5) is 0 Å². The number of rotatable bonds is 6. The fourth-order valence-electron chi connectivity index (χ4n) is 1.16. The van der Waals surface area contributed by atoms with Gasteiger partial charge in [0.25, 0.3) is 0 Å². The SMILES string of the molecule is CC(C)(C)COCn1cc(COC(C)(C)O)nn1. The Labute approximate surface area is 108 Å². The topological polar surface area (TPSA) is 69.4 Å². The van der Waals surface area contributed by atoms with Crippen LogP contribution in [-0.2, 0) is 22.8 Å². The smallest absolute Gasteiger partial charge is 0.160 e. The van der Waals surface area contributed by atoms with Crippen LogP contribution in [-0.4, -0.2) is 32.5 Å². The van der Waals surface area contributed by atoms with E-state index in [0.29, 0.717) is 19.0 Å². The minimum Gasteiger partial charge on any atom is -0.366 e. The molecule has 1 aromatic rings. The first kappa shape index (κ1) is 15.1. The van der Waals surface area contributed by atoms with Crippen LogP contribution in [0.1, 0.15) is 40.3 Å². The van der Waals surface area contributed by atoms with Gasteiger partial charge in [0, 0.05) is 0 Å². The molecule has 0 radical (unpaired) electrons. The molecule has 0 saturated carbocycles. The second kappa shape index (κ2) is 5.77. The monoisotopic (exact) mass is 257 g/mol. The molecule has 0 aliphatic rings. The summed E-state index contributed by atoms with van der Waals surface area (Å²) in [6.07, 6.45) is 1.74. The summed E-state index contributed by atoms with van der Waals surface area (Å²) < 4.78 is 12.3. The van der Waals surface area contributed by atoms with Crippen molar-refractivity contribution < 1.29 is 14.6 Å². The molecule has 0 aliphatic carbocycles. The molecular formula is C12H23N3O3. The van der Waals surface area contributed by atoms with Gasteiger partial charge in [0.05, 0.1) is 19.4 Å². The summed E-state index contributed by atoms with van der Waals surface area (Å²) in [4.78, 5) is 0. The summed E-state index contributed by atoms with van der Waals surface area (Å²) in [5.41, 5.74) is 0.796. The van der Waals surface area contributed by atoms with E-state index in [0.717, 1.165) is 0 Å². The van der Waals surface area contributed by atoms with Gasteiger partial charge in [-0.2, -0.15) is 0 Å². The van der Waals surface area contributed by atoms with Gasteiger partial charge in [-0.05, 0) is 19.3 Å². The number of nitrogens with zero attached hydrogens (tertiary/aromatic N) is 3. The third-order valence-corrected chi connectivity index (χ3v) is 1.92. The summed E-state index contributed by atoms with van der Waals surface area (Å²) >= 11 is 0. The van der Waals surface area contributed by atoms with Crippen LogP contribution in [0.15, 0.2) is 6.20 Å². The molecule has 1 N–H and O–H groups in total. The van der Waals surface area contributed by atoms with Crippen LogP contribution in [0.2, 0.25) is 0 Å². The van der Waals surface area contributed by atoms with Gasteiger partial charge in [0.1, 0.15) is 12.4 Å². The second-order valence-corrected chi connectivity index (χ2v) is 6.02. The molecule has 0 atom stereocenters. The van der Waals surface area contributed by atoms with Gasteiger partial charge in [-0.15, -0.1) is 5.10 Å². The summed E-state index contributed by atoms with van der Waals surface area (Å²) in [5.74, 6) is -1.16. The molecule has 0 bridgehead atoms. The lowest BCUT2D eigenvalue weighted by Gasteiger charge is -2.17. The average Bonchev–Trinajstić information content (AvgIpc) is 2.60. The quantitative estimate of drug-likeness (QED) is 0.783. The third kappa shape index (κ3) is 6.68. The van der Waals surface area contributed by atoms with Crippen molar-refractivity contribution in [2.45, 2.75) is 53.7 Å². The zero-order valence-electron chi connectivity index (χ0n) is 11.8. The normalized spacial score (nSPS) is 13.0. The summed E-state index contributed by atoms with van der Waals surface area (Å²) in [6.45, 7) is 10.7. The van der Waals surface area contributed by atoms with Crippen LogP contribution in [0.3, 0.4) is 0 Å². The lowest BCUT2D eigenvalue weighted by Crippen LogP contribution is -2.22. The molecule has 18 heavy (non-hydrogen) atoms. The molecular weight excluding hydrogens is 234 g/mol. The summed E-state index contributed by atoms with van der Waals surface area (Å²) in [5, 5.41) is 17.3. The maximum Gasteiger partial charge on any atom is 0.160 e. The van der Waals surface area contributed by atoms with Crippen LogP contribution < -0.4 is 0 Å². The predicted octanol–water partition coefficient (Wildman–Crippen LogP) is 1.54. The van der Waals surface area contributed by atoms with E-state index in [1.54, 1.807) is 24.7 Å². The zero-order valence-corrected chi connectivity index (χ0v) is 11.8. The Morgan fingerprint density at radius 3 is 2.50 bits per heavy atom. The number of ether oxygens (including phenoxy) is 2.